The molecule has 0 atom stereocenters. The molecule has 0 unspecified atom stereocenters. The van der Waals surface area contributed by atoms with Crippen LogP contribution in [0.4, 0.5) is 0 Å². The van der Waals surface area contributed by atoms with E-state index in [-0.39, 0.29) is 0 Å². The van der Waals surface area contributed by atoms with E-state index in [2.05, 4.69) is 36.8 Å². The van der Waals surface area contributed by atoms with Crippen LogP contribution in [0.3, 0.4) is 0 Å². The highest BCUT2D eigenvalue weighted by Crippen LogP contribution is 2.35. The molecule has 0 amide bonds. The molecule has 0 aliphatic rings. The molecule has 0 radical (unpaired) electrons. The maximum absolute atomic E-state index is 5.44. The van der Waals surface area contributed by atoms with E-state index in [0.29, 0.717) is 12.5 Å². The summed E-state index contributed by atoms with van der Waals surface area (Å²) in [5, 5.41) is 2.18. The third-order valence-corrected chi connectivity index (χ3v) is 3.43. The Hall–Kier alpha value is -0.610. The van der Waals surface area contributed by atoms with Crippen LogP contribution in [0, 0.1) is 0 Å². The summed E-state index contributed by atoms with van der Waals surface area (Å²) in [4.78, 5) is 4.34. The molecule has 0 spiro atoms. The first kappa shape index (κ1) is 10.9. The topological polar surface area (TPSA) is 22.1 Å². The maximum Gasteiger partial charge on any atom is 0.229 e. The van der Waals surface area contributed by atoms with E-state index in [9.17, 15) is 0 Å². The van der Waals surface area contributed by atoms with Gasteiger partial charge >= 0.3 is 0 Å². The Morgan fingerprint density at radius 1 is 1.20 bits per heavy atom. The van der Waals surface area contributed by atoms with Crippen molar-refractivity contribution < 1.29 is 4.74 Å². The molecule has 15 heavy (non-hydrogen) atoms. The predicted octanol–water partition coefficient (Wildman–Crippen LogP) is 4.16. The van der Waals surface area contributed by atoms with Crippen LogP contribution in [-0.4, -0.2) is 11.6 Å². The minimum atomic E-state index is 0.608. The quantitative estimate of drug-likeness (QED) is 0.771. The van der Waals surface area contributed by atoms with Crippen molar-refractivity contribution in [3.8, 4) is 5.88 Å². The summed E-state index contributed by atoms with van der Waals surface area (Å²) in [5.41, 5.74) is 0. The molecule has 0 bridgehead atoms. The van der Waals surface area contributed by atoms with Gasteiger partial charge in [0, 0.05) is 10.8 Å². The van der Waals surface area contributed by atoms with E-state index in [0.717, 1.165) is 19.8 Å². The standard InChI is InChI=1S/C11H9Br2NO/c1-2-15-11-9(12)7-5-3-4-6-8(7)10(13)14-11/h3-6H,2H2,1H3. The molecule has 0 fully saturated rings. The molecule has 0 N–H and O–H groups in total. The van der Waals surface area contributed by atoms with Crippen LogP contribution in [0.1, 0.15) is 6.92 Å². The first-order valence-corrected chi connectivity index (χ1v) is 6.19. The van der Waals surface area contributed by atoms with Gasteiger partial charge in [-0.05, 0) is 38.8 Å². The van der Waals surface area contributed by atoms with Gasteiger partial charge in [0.1, 0.15) is 4.60 Å². The zero-order valence-corrected chi connectivity index (χ0v) is 11.3. The van der Waals surface area contributed by atoms with Crippen LogP contribution in [0.2, 0.25) is 0 Å². The first-order chi connectivity index (χ1) is 7.24. The Labute approximate surface area is 105 Å². The molecule has 0 aliphatic heterocycles. The molecule has 1 heterocycles. The van der Waals surface area contributed by atoms with E-state index in [1.54, 1.807) is 0 Å². The smallest absolute Gasteiger partial charge is 0.229 e. The summed E-state index contributed by atoms with van der Waals surface area (Å²) in [5.74, 6) is 0.628. The average Bonchev–Trinajstić information content (AvgIpc) is 2.26. The fourth-order valence-corrected chi connectivity index (χ4v) is 2.46. The van der Waals surface area contributed by atoms with Gasteiger partial charge < -0.3 is 4.74 Å². The second kappa shape index (κ2) is 4.49. The van der Waals surface area contributed by atoms with E-state index < -0.39 is 0 Å². The van der Waals surface area contributed by atoms with Gasteiger partial charge in [0.05, 0.1) is 11.1 Å². The average molecular weight is 331 g/mol. The second-order valence-electron chi connectivity index (χ2n) is 3.00. The zero-order chi connectivity index (χ0) is 10.8. The highest BCUT2D eigenvalue weighted by atomic mass is 79.9. The summed E-state index contributed by atoms with van der Waals surface area (Å²) in [6, 6.07) is 8.04. The molecule has 0 aliphatic carbocycles. The Bertz CT molecular complexity index is 499. The number of nitrogens with zero attached hydrogens (tertiary/aromatic N) is 1. The van der Waals surface area contributed by atoms with Crippen molar-refractivity contribution in [2.75, 3.05) is 6.61 Å². The minimum absolute atomic E-state index is 0.608. The molecule has 2 aromatic rings. The molecule has 78 valence electrons. The molecule has 0 saturated heterocycles. The van der Waals surface area contributed by atoms with Crippen LogP contribution < -0.4 is 4.74 Å². The van der Waals surface area contributed by atoms with Gasteiger partial charge in [-0.25, -0.2) is 4.98 Å². The molecular weight excluding hydrogens is 322 g/mol. The van der Waals surface area contributed by atoms with E-state index in [1.165, 1.54) is 0 Å². The lowest BCUT2D eigenvalue weighted by Crippen LogP contribution is -1.96. The van der Waals surface area contributed by atoms with Crippen LogP contribution >= 0.6 is 31.9 Å². The van der Waals surface area contributed by atoms with Crippen molar-refractivity contribution in [1.82, 2.24) is 4.98 Å². The fourth-order valence-electron chi connectivity index (χ4n) is 1.40. The van der Waals surface area contributed by atoms with Crippen LogP contribution in [0.15, 0.2) is 33.3 Å². The number of benzene rings is 1. The number of hydrogen-bond donors (Lipinski definition) is 0. The van der Waals surface area contributed by atoms with Crippen LogP contribution in [0.25, 0.3) is 10.8 Å². The largest absolute Gasteiger partial charge is 0.477 e. The number of ether oxygens (including phenoxy) is 1. The van der Waals surface area contributed by atoms with Gasteiger partial charge in [-0.2, -0.15) is 0 Å². The number of hydrogen-bond acceptors (Lipinski definition) is 2. The second-order valence-corrected chi connectivity index (χ2v) is 4.54. The first-order valence-electron chi connectivity index (χ1n) is 4.60. The van der Waals surface area contributed by atoms with Gasteiger partial charge in [0.15, 0.2) is 0 Å². The van der Waals surface area contributed by atoms with Crippen LogP contribution in [-0.2, 0) is 0 Å². The van der Waals surface area contributed by atoms with Gasteiger partial charge in [-0.1, -0.05) is 24.3 Å². The van der Waals surface area contributed by atoms with Crippen LogP contribution in [0.5, 0.6) is 5.88 Å². The monoisotopic (exact) mass is 329 g/mol. The Kier molecular flexibility index (Phi) is 3.26. The summed E-state index contributed by atoms with van der Waals surface area (Å²) in [6.45, 7) is 2.55. The molecule has 4 heteroatoms. The third-order valence-electron chi connectivity index (χ3n) is 2.05. The predicted molar refractivity (Wildman–Crippen MR) is 68.3 cm³/mol. The molecule has 0 saturated carbocycles. The summed E-state index contributed by atoms with van der Waals surface area (Å²) >= 11 is 6.95. The van der Waals surface area contributed by atoms with E-state index in [1.807, 2.05) is 31.2 Å². The normalized spacial score (nSPS) is 10.6. The minimum Gasteiger partial charge on any atom is -0.477 e. The van der Waals surface area contributed by atoms with Gasteiger partial charge in [-0.3, -0.25) is 0 Å². The van der Waals surface area contributed by atoms with Gasteiger partial charge in [0.25, 0.3) is 0 Å². The van der Waals surface area contributed by atoms with Crippen molar-refractivity contribution in [1.29, 1.82) is 0 Å². The number of pyridine rings is 1. The summed E-state index contributed by atoms with van der Waals surface area (Å²) in [6.07, 6.45) is 0. The van der Waals surface area contributed by atoms with Gasteiger partial charge in [0.2, 0.25) is 5.88 Å². The van der Waals surface area contributed by atoms with Crippen molar-refractivity contribution in [3.05, 3.63) is 33.3 Å². The summed E-state index contributed by atoms with van der Waals surface area (Å²) < 4.78 is 7.15. The van der Waals surface area contributed by atoms with E-state index >= 15 is 0 Å². The lowest BCUT2D eigenvalue weighted by Gasteiger charge is -2.08. The van der Waals surface area contributed by atoms with Crippen molar-refractivity contribution in [2.24, 2.45) is 0 Å². The van der Waals surface area contributed by atoms with E-state index in [4.69, 9.17) is 4.74 Å². The van der Waals surface area contributed by atoms with Crippen molar-refractivity contribution in [2.45, 2.75) is 6.92 Å². The number of fused-ring (bicyclic) bond motifs is 1. The van der Waals surface area contributed by atoms with Gasteiger partial charge in [-0.15, -0.1) is 0 Å². The highest BCUT2D eigenvalue weighted by molar-refractivity contribution is 9.11. The fraction of sp³-hybridized carbons (Fsp3) is 0.182. The molecule has 1 aromatic carbocycles. The molecule has 2 rings (SSSR count). The lowest BCUT2D eigenvalue weighted by molar-refractivity contribution is 0.325. The zero-order valence-electron chi connectivity index (χ0n) is 8.13. The van der Waals surface area contributed by atoms with Crippen molar-refractivity contribution >= 4 is 42.6 Å². The number of halogens is 2. The maximum atomic E-state index is 5.44. The highest BCUT2D eigenvalue weighted by Gasteiger charge is 2.10. The number of aromatic nitrogens is 1. The lowest BCUT2D eigenvalue weighted by atomic mass is 10.2. The number of rotatable bonds is 2. The molecule has 2 nitrogen and oxygen atoms in total. The molecular formula is C11H9Br2NO. The Morgan fingerprint density at radius 2 is 1.87 bits per heavy atom. The Morgan fingerprint density at radius 3 is 2.53 bits per heavy atom. The SMILES string of the molecule is CCOc1nc(Br)c2ccccc2c1Br. The third kappa shape index (κ3) is 2.01. The molecule has 1 aromatic heterocycles. The Balaban J connectivity index is 2.72. The summed E-state index contributed by atoms with van der Waals surface area (Å²) in [7, 11) is 0. The van der Waals surface area contributed by atoms with Crippen molar-refractivity contribution in [3.63, 3.8) is 0 Å².